The molecule has 3 aromatic carbocycles. The van der Waals surface area contributed by atoms with Gasteiger partial charge in [-0.05, 0) is 54.4 Å². The van der Waals surface area contributed by atoms with Crippen molar-refractivity contribution in [3.05, 3.63) is 101 Å². The van der Waals surface area contributed by atoms with E-state index in [0.717, 1.165) is 16.0 Å². The van der Waals surface area contributed by atoms with E-state index in [1.165, 1.54) is 0 Å². The van der Waals surface area contributed by atoms with Crippen LogP contribution in [0, 0.1) is 0 Å². The van der Waals surface area contributed by atoms with Crippen LogP contribution in [0.25, 0.3) is 0 Å². The minimum absolute atomic E-state index is 0.00101. The molecule has 0 aromatic heterocycles. The van der Waals surface area contributed by atoms with Crippen molar-refractivity contribution in [1.82, 2.24) is 5.32 Å². The summed E-state index contributed by atoms with van der Waals surface area (Å²) in [4.78, 5) is 38.9. The first kappa shape index (κ1) is 24.0. The highest BCUT2D eigenvalue weighted by atomic mass is 35.5. The number of halogens is 1. The van der Waals surface area contributed by atoms with Gasteiger partial charge in [-0.15, -0.1) is 0 Å². The van der Waals surface area contributed by atoms with Crippen LogP contribution in [0.4, 0.5) is 11.4 Å². The lowest BCUT2D eigenvalue weighted by atomic mass is 10.1. The Morgan fingerprint density at radius 2 is 1.57 bits per heavy atom. The highest BCUT2D eigenvalue weighted by Crippen LogP contribution is 2.31. The third kappa shape index (κ3) is 5.70. The Labute approximate surface area is 208 Å². The molecule has 35 heavy (non-hydrogen) atoms. The van der Waals surface area contributed by atoms with Crippen molar-refractivity contribution in [3.8, 4) is 5.75 Å². The molecule has 2 N–H and O–H groups in total. The van der Waals surface area contributed by atoms with Gasteiger partial charge >= 0.3 is 0 Å². The van der Waals surface area contributed by atoms with E-state index in [4.69, 9.17) is 16.3 Å². The van der Waals surface area contributed by atoms with E-state index in [2.05, 4.69) is 10.6 Å². The molecule has 0 unspecified atom stereocenters. The average molecular weight is 490 g/mol. The molecule has 178 valence electrons. The topological polar surface area (TPSA) is 87.7 Å². The molecule has 8 heteroatoms. The third-order valence-corrected chi connectivity index (χ3v) is 5.70. The highest BCUT2D eigenvalue weighted by Gasteiger charge is 2.38. The standard InChI is InChI=1S/C27H24ClN3O4/c1-2-35-22-14-12-21(13-15-22)31-26(33)24(28)25(27(31)34)30-20-10-8-18(9-11-20)16-23(32)29-17-19-6-4-3-5-7-19/h3-15,30H,2,16-17H2,1H3,(H,29,32). The first-order valence-corrected chi connectivity index (χ1v) is 11.5. The molecule has 0 bridgehead atoms. The van der Waals surface area contributed by atoms with Gasteiger partial charge in [0.2, 0.25) is 5.91 Å². The fourth-order valence-corrected chi connectivity index (χ4v) is 3.81. The second-order valence-corrected chi connectivity index (χ2v) is 8.20. The van der Waals surface area contributed by atoms with E-state index < -0.39 is 11.8 Å². The highest BCUT2D eigenvalue weighted by molar-refractivity contribution is 6.53. The van der Waals surface area contributed by atoms with Crippen LogP contribution < -0.4 is 20.3 Å². The summed E-state index contributed by atoms with van der Waals surface area (Å²) >= 11 is 6.21. The smallest absolute Gasteiger partial charge is 0.283 e. The Balaban J connectivity index is 1.37. The number of carbonyl (C=O) groups excluding carboxylic acids is 3. The predicted octanol–water partition coefficient (Wildman–Crippen LogP) is 4.38. The maximum Gasteiger partial charge on any atom is 0.283 e. The molecule has 0 saturated carbocycles. The van der Waals surface area contributed by atoms with Crippen LogP contribution in [0.15, 0.2) is 89.6 Å². The molecule has 0 radical (unpaired) electrons. The van der Waals surface area contributed by atoms with Crippen LogP contribution in [0.5, 0.6) is 5.75 Å². The molecule has 4 rings (SSSR count). The normalized spacial score (nSPS) is 13.3. The summed E-state index contributed by atoms with van der Waals surface area (Å²) in [5.74, 6) is -0.604. The van der Waals surface area contributed by atoms with Crippen LogP contribution in [-0.4, -0.2) is 24.3 Å². The molecule has 0 spiro atoms. The number of nitrogens with zero attached hydrogens (tertiary/aromatic N) is 1. The van der Waals surface area contributed by atoms with E-state index in [0.29, 0.717) is 30.3 Å². The minimum atomic E-state index is -0.602. The number of carbonyl (C=O) groups is 3. The second-order valence-electron chi connectivity index (χ2n) is 7.82. The van der Waals surface area contributed by atoms with E-state index in [9.17, 15) is 14.4 Å². The van der Waals surface area contributed by atoms with Gasteiger partial charge in [0.1, 0.15) is 16.5 Å². The van der Waals surface area contributed by atoms with Crippen molar-refractivity contribution < 1.29 is 19.1 Å². The number of hydrogen-bond donors (Lipinski definition) is 2. The van der Waals surface area contributed by atoms with Crippen molar-refractivity contribution in [2.75, 3.05) is 16.8 Å². The van der Waals surface area contributed by atoms with Crippen LogP contribution >= 0.6 is 11.6 Å². The minimum Gasteiger partial charge on any atom is -0.494 e. The summed E-state index contributed by atoms with van der Waals surface area (Å²) in [5.41, 5.74) is 2.81. The Kier molecular flexibility index (Phi) is 7.48. The largest absolute Gasteiger partial charge is 0.494 e. The number of ether oxygens (including phenoxy) is 1. The summed E-state index contributed by atoms with van der Waals surface area (Å²) in [7, 11) is 0. The quantitative estimate of drug-likeness (QED) is 0.435. The molecule has 1 aliphatic heterocycles. The van der Waals surface area contributed by atoms with Crippen molar-refractivity contribution in [2.24, 2.45) is 0 Å². The van der Waals surface area contributed by atoms with E-state index in [-0.39, 0.29) is 23.1 Å². The van der Waals surface area contributed by atoms with E-state index >= 15 is 0 Å². The first-order chi connectivity index (χ1) is 17.0. The maximum atomic E-state index is 13.0. The van der Waals surface area contributed by atoms with Crippen LogP contribution in [0.1, 0.15) is 18.1 Å². The molecule has 1 heterocycles. The first-order valence-electron chi connectivity index (χ1n) is 11.1. The van der Waals surface area contributed by atoms with Gasteiger partial charge in [-0.3, -0.25) is 14.4 Å². The molecular formula is C27H24ClN3O4. The Bertz CT molecular complexity index is 1260. The second kappa shape index (κ2) is 10.9. The van der Waals surface area contributed by atoms with Gasteiger partial charge in [0.05, 0.1) is 18.7 Å². The average Bonchev–Trinajstić information content (AvgIpc) is 3.08. The van der Waals surface area contributed by atoms with Gasteiger partial charge in [0, 0.05) is 12.2 Å². The van der Waals surface area contributed by atoms with Crippen LogP contribution in [0.2, 0.25) is 0 Å². The van der Waals surface area contributed by atoms with Gasteiger partial charge < -0.3 is 15.4 Å². The van der Waals surface area contributed by atoms with Crippen LogP contribution in [0.3, 0.4) is 0 Å². The fourth-order valence-electron chi connectivity index (χ4n) is 3.60. The number of nitrogens with one attached hydrogen (secondary N) is 2. The molecule has 3 aromatic rings. The van der Waals surface area contributed by atoms with Crippen molar-refractivity contribution in [1.29, 1.82) is 0 Å². The summed E-state index contributed by atoms with van der Waals surface area (Å²) < 4.78 is 5.40. The number of benzene rings is 3. The SMILES string of the molecule is CCOc1ccc(N2C(=O)C(Cl)=C(Nc3ccc(CC(=O)NCc4ccccc4)cc3)C2=O)cc1. The van der Waals surface area contributed by atoms with Gasteiger partial charge in [0.15, 0.2) is 0 Å². The number of anilines is 2. The Morgan fingerprint density at radius 3 is 2.23 bits per heavy atom. The number of hydrogen-bond acceptors (Lipinski definition) is 5. The van der Waals surface area contributed by atoms with Gasteiger partial charge in [-0.1, -0.05) is 54.1 Å². The van der Waals surface area contributed by atoms with E-state index in [1.807, 2.05) is 37.3 Å². The molecule has 1 aliphatic rings. The molecule has 0 saturated heterocycles. The zero-order chi connectivity index (χ0) is 24.8. The zero-order valence-corrected chi connectivity index (χ0v) is 19.8. The van der Waals surface area contributed by atoms with Crippen molar-refractivity contribution >= 4 is 40.7 Å². The molecular weight excluding hydrogens is 466 g/mol. The van der Waals surface area contributed by atoms with E-state index in [1.54, 1.807) is 48.5 Å². The number of amides is 3. The Hall–Kier alpha value is -4.10. The van der Waals surface area contributed by atoms with Crippen molar-refractivity contribution in [3.63, 3.8) is 0 Å². The van der Waals surface area contributed by atoms with Gasteiger partial charge in [-0.25, -0.2) is 4.90 Å². The molecule has 0 aliphatic carbocycles. The van der Waals surface area contributed by atoms with Gasteiger partial charge in [0.25, 0.3) is 11.8 Å². The number of imide groups is 1. The Morgan fingerprint density at radius 1 is 0.886 bits per heavy atom. The fraction of sp³-hybridized carbons (Fsp3) is 0.148. The third-order valence-electron chi connectivity index (χ3n) is 5.35. The lowest BCUT2D eigenvalue weighted by Crippen LogP contribution is -2.32. The van der Waals surface area contributed by atoms with Crippen LogP contribution in [-0.2, 0) is 27.3 Å². The monoisotopic (exact) mass is 489 g/mol. The summed E-state index contributed by atoms with van der Waals surface area (Å²) in [6.07, 6.45) is 0.222. The molecule has 7 nitrogen and oxygen atoms in total. The summed E-state index contributed by atoms with van der Waals surface area (Å²) in [5, 5.41) is 5.65. The maximum absolute atomic E-state index is 13.0. The zero-order valence-electron chi connectivity index (χ0n) is 19.1. The predicted molar refractivity (Wildman–Crippen MR) is 135 cm³/mol. The van der Waals surface area contributed by atoms with Crippen molar-refractivity contribution in [2.45, 2.75) is 19.9 Å². The summed E-state index contributed by atoms with van der Waals surface area (Å²) in [6.45, 7) is 2.85. The van der Waals surface area contributed by atoms with Gasteiger partial charge in [-0.2, -0.15) is 0 Å². The summed E-state index contributed by atoms with van der Waals surface area (Å²) in [6, 6.07) is 23.3. The lowest BCUT2D eigenvalue weighted by molar-refractivity contribution is -0.121. The molecule has 0 fully saturated rings. The molecule has 3 amide bonds. The molecule has 0 atom stereocenters. The number of rotatable bonds is 9. The lowest BCUT2D eigenvalue weighted by Gasteiger charge is -2.15.